The second kappa shape index (κ2) is 12.6. The van der Waals surface area contributed by atoms with Crippen molar-refractivity contribution in [3.63, 3.8) is 0 Å². The van der Waals surface area contributed by atoms with Gasteiger partial charge in [0.25, 0.3) is 0 Å². The Bertz CT molecular complexity index is 580. The monoisotopic (exact) mass is 513 g/mol. The molecule has 4 nitrogen and oxygen atoms in total. The minimum absolute atomic E-state index is 0.392. The molecule has 0 N–H and O–H groups in total. The van der Waals surface area contributed by atoms with Crippen LogP contribution in [0.25, 0.3) is 0 Å². The second-order valence-electron chi connectivity index (χ2n) is 8.77. The van der Waals surface area contributed by atoms with Crippen molar-refractivity contribution in [2.24, 2.45) is 0 Å². The summed E-state index contributed by atoms with van der Waals surface area (Å²) >= 11 is -2.62. The summed E-state index contributed by atoms with van der Waals surface area (Å²) in [6, 6.07) is 4.62. The van der Waals surface area contributed by atoms with Gasteiger partial charge < -0.3 is 0 Å². The fraction of sp³-hybridized carbons (Fsp3) is 0.792. The van der Waals surface area contributed by atoms with Crippen molar-refractivity contribution in [2.45, 2.75) is 91.2 Å². The predicted molar refractivity (Wildman–Crippen MR) is 124 cm³/mol. The van der Waals surface area contributed by atoms with Gasteiger partial charge in [-0.05, 0) is 0 Å². The first kappa shape index (κ1) is 25.1. The number of hydrogen-bond acceptors (Lipinski definition) is 4. The number of aromatic nitrogens is 1. The third kappa shape index (κ3) is 6.41. The fourth-order valence-electron chi connectivity index (χ4n) is 4.66. The third-order valence-corrected chi connectivity index (χ3v) is 21.7. The molecule has 0 aliphatic carbocycles. The molecule has 1 atom stereocenters. The van der Waals surface area contributed by atoms with Crippen LogP contribution in [0.3, 0.4) is 0 Å². The molecule has 5 heteroatoms. The van der Waals surface area contributed by atoms with Crippen molar-refractivity contribution in [2.75, 3.05) is 27.4 Å². The van der Waals surface area contributed by atoms with Gasteiger partial charge in [0.2, 0.25) is 0 Å². The van der Waals surface area contributed by atoms with Crippen molar-refractivity contribution < 1.29 is 14.2 Å². The van der Waals surface area contributed by atoms with E-state index in [9.17, 15) is 0 Å². The Morgan fingerprint density at radius 3 is 2.07 bits per heavy atom. The second-order valence-corrected chi connectivity index (χ2v) is 21.8. The van der Waals surface area contributed by atoms with E-state index in [1.807, 2.05) is 0 Å². The van der Waals surface area contributed by atoms with E-state index in [1.165, 1.54) is 61.1 Å². The van der Waals surface area contributed by atoms with Crippen LogP contribution in [0.5, 0.6) is 0 Å². The molecule has 0 bridgehead atoms. The molecular weight excluding hydrogens is 469 g/mol. The average molecular weight is 512 g/mol. The first-order valence-corrected chi connectivity index (χ1v) is 19.2. The van der Waals surface area contributed by atoms with Gasteiger partial charge in [-0.3, -0.25) is 0 Å². The van der Waals surface area contributed by atoms with Crippen LogP contribution in [-0.4, -0.2) is 50.8 Å². The Hall–Kier alpha value is -0.171. The van der Waals surface area contributed by atoms with Crippen LogP contribution in [0, 0.1) is 0 Å². The van der Waals surface area contributed by atoms with Crippen molar-refractivity contribution in [3.05, 3.63) is 23.4 Å². The molecule has 1 aliphatic heterocycles. The standard InChI is InChI=1S/C12H16NO3.3C4H9.Sn/c1-14-8-10-3-5-13-11(7-10)12(15-2)4-6-16-9-12;3*1-3-4-2;/h3,7H,4,6,8-9H2,1-2H3;3*1,3-4H2,2H3;. The van der Waals surface area contributed by atoms with Gasteiger partial charge in [0.15, 0.2) is 0 Å². The Balaban J connectivity index is 2.56. The molecule has 1 aliphatic rings. The Kier molecular flexibility index (Phi) is 10.9. The Morgan fingerprint density at radius 2 is 1.62 bits per heavy atom. The summed E-state index contributed by atoms with van der Waals surface area (Å²) in [7, 11) is 3.59. The summed E-state index contributed by atoms with van der Waals surface area (Å²) < 4.78 is 23.0. The number of hydrogen-bond donors (Lipinski definition) is 0. The molecular formula is C24H43NO3Sn. The molecule has 29 heavy (non-hydrogen) atoms. The van der Waals surface area contributed by atoms with Gasteiger partial charge in [-0.1, -0.05) is 0 Å². The van der Waals surface area contributed by atoms with E-state index in [1.54, 1.807) is 14.2 Å². The molecule has 1 unspecified atom stereocenters. The minimum atomic E-state index is -2.62. The van der Waals surface area contributed by atoms with Crippen molar-refractivity contribution in [1.82, 2.24) is 4.98 Å². The molecule has 1 fully saturated rings. The molecule has 0 aromatic carbocycles. The topological polar surface area (TPSA) is 40.6 Å². The van der Waals surface area contributed by atoms with Gasteiger partial charge in [-0.15, -0.1) is 0 Å². The SMILES string of the molecule is CCC[CH2][Sn]([CH2]CCC)([CH2]CCC)[c]1cc(COC)cc(C2(OC)CCOC2)n1. The van der Waals surface area contributed by atoms with E-state index in [0.717, 1.165) is 18.7 Å². The third-order valence-electron chi connectivity index (χ3n) is 6.61. The zero-order valence-electron chi connectivity index (χ0n) is 19.5. The molecule has 166 valence electrons. The number of ether oxygens (including phenoxy) is 3. The number of rotatable bonds is 14. The number of methoxy groups -OCH3 is 2. The maximum absolute atomic E-state index is 6.02. The quantitative estimate of drug-likeness (QED) is 0.307. The zero-order valence-corrected chi connectivity index (χ0v) is 22.4. The maximum atomic E-state index is 6.02. The van der Waals surface area contributed by atoms with Crippen LogP contribution < -0.4 is 3.71 Å². The van der Waals surface area contributed by atoms with E-state index in [0.29, 0.717) is 13.2 Å². The van der Waals surface area contributed by atoms with E-state index < -0.39 is 24.0 Å². The van der Waals surface area contributed by atoms with Crippen LogP contribution in [0.2, 0.25) is 13.3 Å². The van der Waals surface area contributed by atoms with E-state index in [2.05, 4.69) is 32.9 Å². The van der Waals surface area contributed by atoms with Crippen LogP contribution in [0.1, 0.15) is 77.0 Å². The van der Waals surface area contributed by atoms with Crippen LogP contribution in [-0.2, 0) is 26.4 Å². The molecule has 1 aromatic rings. The molecule has 1 aromatic heterocycles. The van der Waals surface area contributed by atoms with E-state index in [4.69, 9.17) is 19.2 Å². The molecule has 2 rings (SSSR count). The predicted octanol–water partition coefficient (Wildman–Crippen LogP) is 5.55. The molecule has 1 saturated heterocycles. The van der Waals surface area contributed by atoms with Gasteiger partial charge in [0.1, 0.15) is 0 Å². The Morgan fingerprint density at radius 1 is 1.00 bits per heavy atom. The number of pyridine rings is 1. The summed E-state index contributed by atoms with van der Waals surface area (Å²) in [5.74, 6) is 0. The Labute approximate surface area is 183 Å². The zero-order chi connectivity index (χ0) is 21.2. The van der Waals surface area contributed by atoms with Gasteiger partial charge >= 0.3 is 183 Å². The summed E-state index contributed by atoms with van der Waals surface area (Å²) in [6.45, 7) is 8.97. The molecule has 0 amide bonds. The van der Waals surface area contributed by atoms with Gasteiger partial charge in [-0.2, -0.15) is 0 Å². The summed E-state index contributed by atoms with van der Waals surface area (Å²) in [4.78, 5) is 5.40. The van der Waals surface area contributed by atoms with Crippen LogP contribution >= 0.6 is 0 Å². The molecule has 0 saturated carbocycles. The molecule has 0 spiro atoms. The average Bonchev–Trinajstić information content (AvgIpc) is 3.24. The van der Waals surface area contributed by atoms with Crippen molar-refractivity contribution in [3.8, 4) is 0 Å². The van der Waals surface area contributed by atoms with Crippen LogP contribution in [0.4, 0.5) is 0 Å². The van der Waals surface area contributed by atoms with Crippen LogP contribution in [0.15, 0.2) is 12.1 Å². The number of nitrogens with zero attached hydrogens (tertiary/aromatic N) is 1. The summed E-state index contributed by atoms with van der Waals surface area (Å²) in [5.41, 5.74) is 1.94. The number of unbranched alkanes of at least 4 members (excludes halogenated alkanes) is 3. The normalized spacial score (nSPS) is 19.8. The van der Waals surface area contributed by atoms with Gasteiger partial charge in [0.05, 0.1) is 0 Å². The summed E-state index contributed by atoms with van der Waals surface area (Å²) in [6.07, 6.45) is 8.73. The first-order chi connectivity index (χ1) is 14.1. The van der Waals surface area contributed by atoms with E-state index in [-0.39, 0.29) is 0 Å². The van der Waals surface area contributed by atoms with Gasteiger partial charge in [0, 0.05) is 0 Å². The van der Waals surface area contributed by atoms with Gasteiger partial charge in [-0.25, -0.2) is 0 Å². The van der Waals surface area contributed by atoms with Crippen molar-refractivity contribution >= 4 is 22.1 Å². The molecule has 0 radical (unpaired) electrons. The first-order valence-electron chi connectivity index (χ1n) is 11.7. The van der Waals surface area contributed by atoms with E-state index >= 15 is 0 Å². The fourth-order valence-corrected chi connectivity index (χ4v) is 20.2. The molecule has 2 heterocycles. The van der Waals surface area contributed by atoms with Crippen molar-refractivity contribution in [1.29, 1.82) is 0 Å². The summed E-state index contributed by atoms with van der Waals surface area (Å²) in [5, 5.41) is 0.